The van der Waals surface area contributed by atoms with Gasteiger partial charge in [0.1, 0.15) is 0 Å². The Balaban J connectivity index is 0.00000200. The molecule has 2 N–H and O–H groups in total. The van der Waals surface area contributed by atoms with Gasteiger partial charge in [0, 0.05) is 13.1 Å². The molecule has 1 aliphatic rings. The fourth-order valence-corrected chi connectivity index (χ4v) is 2.67. The lowest BCUT2D eigenvalue weighted by Gasteiger charge is -2.22. The summed E-state index contributed by atoms with van der Waals surface area (Å²) < 4.78 is 0. The summed E-state index contributed by atoms with van der Waals surface area (Å²) in [6.07, 6.45) is 1.52. The van der Waals surface area contributed by atoms with Crippen molar-refractivity contribution in [2.75, 3.05) is 19.6 Å². The molecule has 4 heteroatoms. The van der Waals surface area contributed by atoms with E-state index in [-0.39, 0.29) is 23.7 Å². The van der Waals surface area contributed by atoms with Crippen LogP contribution in [0, 0.1) is 19.3 Å². The molecule has 112 valence electrons. The molecular formula is C16H25ClN2O. The zero-order chi connectivity index (χ0) is 14.0. The first-order valence-electron chi connectivity index (χ1n) is 6.97. The van der Waals surface area contributed by atoms with Crippen molar-refractivity contribution in [2.45, 2.75) is 33.6 Å². The highest BCUT2D eigenvalue weighted by atomic mass is 35.5. The Hall–Kier alpha value is -1.06. The van der Waals surface area contributed by atoms with Gasteiger partial charge in [-0.2, -0.15) is 0 Å². The van der Waals surface area contributed by atoms with E-state index in [4.69, 9.17) is 5.73 Å². The summed E-state index contributed by atoms with van der Waals surface area (Å²) in [6, 6.07) is 6.29. The molecule has 1 aromatic rings. The molecule has 1 atom stereocenters. The third-order valence-corrected chi connectivity index (χ3v) is 4.25. The standard InChI is InChI=1S/C16H24N2O.ClH/c1-12-4-5-13(2)14(8-12)9-15(19)18-7-6-16(3,10-17)11-18;/h4-5,8H,6-7,9-11,17H2,1-3H3;1H. The van der Waals surface area contributed by atoms with Gasteiger partial charge >= 0.3 is 0 Å². The Morgan fingerprint density at radius 2 is 2.10 bits per heavy atom. The van der Waals surface area contributed by atoms with E-state index in [1.165, 1.54) is 11.1 Å². The number of aryl methyl sites for hydroxylation is 2. The maximum Gasteiger partial charge on any atom is 0.227 e. The van der Waals surface area contributed by atoms with Gasteiger partial charge in [0.2, 0.25) is 5.91 Å². The quantitative estimate of drug-likeness (QED) is 0.931. The van der Waals surface area contributed by atoms with Gasteiger partial charge in [0.05, 0.1) is 6.42 Å². The van der Waals surface area contributed by atoms with Crippen LogP contribution in [0.15, 0.2) is 18.2 Å². The Labute approximate surface area is 127 Å². The number of amides is 1. The molecule has 1 unspecified atom stereocenters. The first-order chi connectivity index (χ1) is 8.93. The Morgan fingerprint density at radius 3 is 2.70 bits per heavy atom. The zero-order valence-electron chi connectivity index (χ0n) is 12.6. The fraction of sp³-hybridized carbons (Fsp3) is 0.562. The van der Waals surface area contributed by atoms with Gasteiger partial charge in [-0.3, -0.25) is 4.79 Å². The number of nitrogens with two attached hydrogens (primary N) is 1. The first kappa shape index (κ1) is 17.0. The van der Waals surface area contributed by atoms with Crippen molar-refractivity contribution in [1.29, 1.82) is 0 Å². The summed E-state index contributed by atoms with van der Waals surface area (Å²) in [5.41, 5.74) is 9.45. The minimum absolute atomic E-state index is 0. The number of likely N-dealkylation sites (tertiary alicyclic amines) is 1. The highest BCUT2D eigenvalue weighted by Crippen LogP contribution is 2.29. The van der Waals surface area contributed by atoms with Gasteiger partial charge in [0.25, 0.3) is 0 Å². The number of halogens is 1. The van der Waals surface area contributed by atoms with Gasteiger partial charge in [-0.15, -0.1) is 12.4 Å². The van der Waals surface area contributed by atoms with Crippen LogP contribution in [0.25, 0.3) is 0 Å². The third kappa shape index (κ3) is 3.74. The Bertz CT molecular complexity index is 489. The van der Waals surface area contributed by atoms with Gasteiger partial charge in [0.15, 0.2) is 0 Å². The Kier molecular flexibility index (Phi) is 5.60. The minimum Gasteiger partial charge on any atom is -0.342 e. The van der Waals surface area contributed by atoms with Crippen LogP contribution in [0.3, 0.4) is 0 Å². The van der Waals surface area contributed by atoms with Crippen molar-refractivity contribution in [2.24, 2.45) is 11.1 Å². The van der Waals surface area contributed by atoms with Crippen molar-refractivity contribution in [3.8, 4) is 0 Å². The summed E-state index contributed by atoms with van der Waals surface area (Å²) in [7, 11) is 0. The highest BCUT2D eigenvalue weighted by molar-refractivity contribution is 5.85. The smallest absolute Gasteiger partial charge is 0.227 e. The van der Waals surface area contributed by atoms with E-state index in [9.17, 15) is 4.79 Å². The van der Waals surface area contributed by atoms with E-state index in [0.29, 0.717) is 13.0 Å². The lowest BCUT2D eigenvalue weighted by molar-refractivity contribution is -0.129. The lowest BCUT2D eigenvalue weighted by Crippen LogP contribution is -2.35. The predicted molar refractivity (Wildman–Crippen MR) is 85.2 cm³/mol. The summed E-state index contributed by atoms with van der Waals surface area (Å²) >= 11 is 0. The molecular weight excluding hydrogens is 272 g/mol. The maximum atomic E-state index is 12.4. The molecule has 0 radical (unpaired) electrons. The minimum atomic E-state index is 0. The van der Waals surface area contributed by atoms with Crippen LogP contribution in [0.2, 0.25) is 0 Å². The largest absolute Gasteiger partial charge is 0.342 e. The molecule has 3 nitrogen and oxygen atoms in total. The van der Waals surface area contributed by atoms with Crippen molar-refractivity contribution < 1.29 is 4.79 Å². The maximum absolute atomic E-state index is 12.4. The second-order valence-electron chi connectivity index (χ2n) is 6.19. The van der Waals surface area contributed by atoms with Crippen LogP contribution in [0.4, 0.5) is 0 Å². The van der Waals surface area contributed by atoms with Crippen LogP contribution in [0.5, 0.6) is 0 Å². The number of carbonyl (C=O) groups excluding carboxylic acids is 1. The van der Waals surface area contributed by atoms with Crippen LogP contribution < -0.4 is 5.73 Å². The Morgan fingerprint density at radius 1 is 1.40 bits per heavy atom. The molecule has 1 saturated heterocycles. The SMILES string of the molecule is Cc1ccc(C)c(CC(=O)N2CCC(C)(CN)C2)c1.Cl. The molecule has 0 aromatic heterocycles. The summed E-state index contributed by atoms with van der Waals surface area (Å²) in [6.45, 7) is 8.59. The van der Waals surface area contributed by atoms with Crippen molar-refractivity contribution >= 4 is 18.3 Å². The summed E-state index contributed by atoms with van der Waals surface area (Å²) in [5, 5.41) is 0. The van der Waals surface area contributed by atoms with Crippen molar-refractivity contribution in [3.05, 3.63) is 34.9 Å². The second kappa shape index (κ2) is 6.59. The molecule has 0 spiro atoms. The van der Waals surface area contributed by atoms with E-state index in [0.717, 1.165) is 25.1 Å². The van der Waals surface area contributed by atoms with Crippen LogP contribution in [-0.4, -0.2) is 30.4 Å². The highest BCUT2D eigenvalue weighted by Gasteiger charge is 2.34. The van der Waals surface area contributed by atoms with Gasteiger partial charge in [-0.25, -0.2) is 0 Å². The van der Waals surface area contributed by atoms with Crippen LogP contribution in [-0.2, 0) is 11.2 Å². The van der Waals surface area contributed by atoms with Crippen molar-refractivity contribution in [1.82, 2.24) is 4.90 Å². The van der Waals surface area contributed by atoms with Crippen molar-refractivity contribution in [3.63, 3.8) is 0 Å². The fourth-order valence-electron chi connectivity index (χ4n) is 2.67. The van der Waals surface area contributed by atoms with Gasteiger partial charge in [-0.05, 0) is 43.4 Å². The van der Waals surface area contributed by atoms with Crippen LogP contribution >= 0.6 is 12.4 Å². The van der Waals surface area contributed by atoms with Crippen LogP contribution in [0.1, 0.15) is 30.0 Å². The van der Waals surface area contributed by atoms with E-state index in [2.05, 4.69) is 39.0 Å². The van der Waals surface area contributed by atoms with E-state index in [1.54, 1.807) is 0 Å². The molecule has 1 aromatic carbocycles. The first-order valence-corrected chi connectivity index (χ1v) is 6.97. The lowest BCUT2D eigenvalue weighted by atomic mass is 9.90. The van der Waals surface area contributed by atoms with Gasteiger partial charge < -0.3 is 10.6 Å². The molecule has 20 heavy (non-hydrogen) atoms. The normalized spacial score (nSPS) is 21.7. The van der Waals surface area contributed by atoms with Gasteiger partial charge in [-0.1, -0.05) is 30.7 Å². The molecule has 1 amide bonds. The number of benzene rings is 1. The second-order valence-corrected chi connectivity index (χ2v) is 6.19. The summed E-state index contributed by atoms with van der Waals surface area (Å²) in [5.74, 6) is 0.228. The topological polar surface area (TPSA) is 46.3 Å². The van der Waals surface area contributed by atoms with E-state index >= 15 is 0 Å². The molecule has 1 fully saturated rings. The number of rotatable bonds is 3. The molecule has 1 heterocycles. The number of nitrogens with zero attached hydrogens (tertiary/aromatic N) is 1. The average molecular weight is 297 g/mol. The monoisotopic (exact) mass is 296 g/mol. The molecule has 0 bridgehead atoms. The third-order valence-electron chi connectivity index (χ3n) is 4.25. The average Bonchev–Trinajstić information content (AvgIpc) is 2.77. The molecule has 1 aliphatic heterocycles. The number of hydrogen-bond acceptors (Lipinski definition) is 2. The van der Waals surface area contributed by atoms with E-state index in [1.807, 2.05) is 4.90 Å². The zero-order valence-corrected chi connectivity index (χ0v) is 13.4. The number of carbonyl (C=O) groups is 1. The number of hydrogen-bond donors (Lipinski definition) is 1. The molecule has 0 saturated carbocycles. The molecule has 0 aliphatic carbocycles. The predicted octanol–water partition coefficient (Wildman–Crippen LogP) is 2.47. The van der Waals surface area contributed by atoms with E-state index < -0.39 is 0 Å². The summed E-state index contributed by atoms with van der Waals surface area (Å²) in [4.78, 5) is 14.3. The molecule has 2 rings (SSSR count).